The SMILES string of the molecule is Cc1ccc(Cl)c(Cl)c1[C@H]1CC(=O)N(C2CN(C(=O)OC(C)(C)C)C2)[C@@H]1C. The van der Waals surface area contributed by atoms with Crippen LogP contribution in [0.2, 0.25) is 10.0 Å². The van der Waals surface area contributed by atoms with Crippen molar-refractivity contribution >= 4 is 35.2 Å². The molecule has 0 bridgehead atoms. The van der Waals surface area contributed by atoms with Gasteiger partial charge in [0.15, 0.2) is 0 Å². The van der Waals surface area contributed by atoms with E-state index in [1.807, 2.05) is 45.6 Å². The Balaban J connectivity index is 1.71. The van der Waals surface area contributed by atoms with E-state index in [0.717, 1.165) is 11.1 Å². The van der Waals surface area contributed by atoms with E-state index in [1.165, 1.54) is 0 Å². The van der Waals surface area contributed by atoms with Gasteiger partial charge in [0.2, 0.25) is 5.91 Å². The Bertz CT molecular complexity index is 769. The van der Waals surface area contributed by atoms with Gasteiger partial charge in [0.25, 0.3) is 0 Å². The zero-order chi connectivity index (χ0) is 20.1. The van der Waals surface area contributed by atoms with Gasteiger partial charge in [-0.05, 0) is 51.8 Å². The highest BCUT2D eigenvalue weighted by molar-refractivity contribution is 6.42. The van der Waals surface area contributed by atoms with Gasteiger partial charge in [-0.2, -0.15) is 0 Å². The van der Waals surface area contributed by atoms with Crippen LogP contribution in [0.4, 0.5) is 4.79 Å². The number of hydrogen-bond acceptors (Lipinski definition) is 3. The number of benzene rings is 1. The van der Waals surface area contributed by atoms with Crippen molar-refractivity contribution in [2.75, 3.05) is 13.1 Å². The summed E-state index contributed by atoms with van der Waals surface area (Å²) in [6, 6.07) is 3.74. The standard InChI is InChI=1S/C20H26Cl2N2O3/c1-11-6-7-15(21)18(22)17(11)14-8-16(25)24(12(14)2)13-9-23(10-13)19(26)27-20(3,4)5/h6-7,12-14H,8-10H2,1-5H3/t12-,14+/m1/s1. The monoisotopic (exact) mass is 412 g/mol. The predicted octanol–water partition coefficient (Wildman–Crippen LogP) is 4.63. The zero-order valence-electron chi connectivity index (χ0n) is 16.4. The number of aryl methyl sites for hydroxylation is 1. The maximum Gasteiger partial charge on any atom is 0.410 e. The van der Waals surface area contributed by atoms with Crippen molar-refractivity contribution in [3.05, 3.63) is 33.3 Å². The number of likely N-dealkylation sites (tertiary alicyclic amines) is 2. The average molecular weight is 413 g/mol. The Hall–Kier alpha value is -1.46. The molecule has 3 rings (SSSR count). The number of carbonyl (C=O) groups is 2. The van der Waals surface area contributed by atoms with Gasteiger partial charge >= 0.3 is 6.09 Å². The van der Waals surface area contributed by atoms with Crippen molar-refractivity contribution in [1.82, 2.24) is 9.80 Å². The van der Waals surface area contributed by atoms with Crippen LogP contribution in [0.25, 0.3) is 0 Å². The first-order chi connectivity index (χ1) is 12.5. The molecule has 1 aromatic rings. The Labute approximate surface area is 170 Å². The van der Waals surface area contributed by atoms with Crippen LogP contribution < -0.4 is 0 Å². The van der Waals surface area contributed by atoms with Crippen molar-refractivity contribution in [2.24, 2.45) is 0 Å². The lowest BCUT2D eigenvalue weighted by atomic mass is 9.89. The van der Waals surface area contributed by atoms with Crippen molar-refractivity contribution in [3.8, 4) is 0 Å². The van der Waals surface area contributed by atoms with Gasteiger partial charge in [0, 0.05) is 31.5 Å². The number of nitrogens with zero attached hydrogens (tertiary/aromatic N) is 2. The van der Waals surface area contributed by atoms with Gasteiger partial charge in [-0.3, -0.25) is 4.79 Å². The Morgan fingerprint density at radius 3 is 2.44 bits per heavy atom. The summed E-state index contributed by atoms with van der Waals surface area (Å²) in [5.74, 6) is 0.0936. The fourth-order valence-corrected chi connectivity index (χ4v) is 4.51. The molecule has 1 aromatic carbocycles. The molecule has 0 saturated carbocycles. The molecular formula is C20H26Cl2N2O3. The summed E-state index contributed by atoms with van der Waals surface area (Å²) in [4.78, 5) is 28.4. The molecule has 7 heteroatoms. The van der Waals surface area contributed by atoms with Crippen molar-refractivity contribution in [1.29, 1.82) is 0 Å². The van der Waals surface area contributed by atoms with E-state index in [0.29, 0.717) is 29.6 Å². The fraction of sp³-hybridized carbons (Fsp3) is 0.600. The maximum atomic E-state index is 12.7. The van der Waals surface area contributed by atoms with E-state index in [-0.39, 0.29) is 30.0 Å². The molecule has 0 unspecified atom stereocenters. The number of rotatable bonds is 2. The van der Waals surface area contributed by atoms with Crippen LogP contribution >= 0.6 is 23.2 Å². The van der Waals surface area contributed by atoms with Crippen LogP contribution in [0.3, 0.4) is 0 Å². The molecule has 27 heavy (non-hydrogen) atoms. The molecule has 0 N–H and O–H groups in total. The topological polar surface area (TPSA) is 49.9 Å². The van der Waals surface area contributed by atoms with Crippen molar-refractivity contribution in [3.63, 3.8) is 0 Å². The molecule has 5 nitrogen and oxygen atoms in total. The quantitative estimate of drug-likeness (QED) is 0.711. The number of halogens is 2. The van der Waals surface area contributed by atoms with Gasteiger partial charge in [0.05, 0.1) is 16.1 Å². The molecule has 2 atom stereocenters. The van der Waals surface area contributed by atoms with Crippen molar-refractivity contribution in [2.45, 2.75) is 64.6 Å². The Morgan fingerprint density at radius 2 is 1.85 bits per heavy atom. The smallest absolute Gasteiger partial charge is 0.410 e. The molecule has 0 radical (unpaired) electrons. The van der Waals surface area contributed by atoms with E-state index in [2.05, 4.69) is 0 Å². The molecule has 2 saturated heterocycles. The van der Waals surface area contributed by atoms with E-state index in [9.17, 15) is 9.59 Å². The summed E-state index contributed by atoms with van der Waals surface area (Å²) in [5, 5.41) is 1.04. The lowest BCUT2D eigenvalue weighted by molar-refractivity contribution is -0.134. The van der Waals surface area contributed by atoms with Crippen LogP contribution in [-0.2, 0) is 9.53 Å². The number of carbonyl (C=O) groups excluding carboxylic acids is 2. The largest absolute Gasteiger partial charge is 0.444 e. The molecule has 2 heterocycles. The third-order valence-corrected chi connectivity index (χ3v) is 6.15. The predicted molar refractivity (Wildman–Crippen MR) is 106 cm³/mol. The van der Waals surface area contributed by atoms with E-state index in [1.54, 1.807) is 11.0 Å². The molecule has 2 amide bonds. The lowest BCUT2D eigenvalue weighted by Gasteiger charge is -2.46. The molecule has 2 aliphatic rings. The summed E-state index contributed by atoms with van der Waals surface area (Å²) < 4.78 is 5.39. The molecule has 2 fully saturated rings. The average Bonchev–Trinajstić information content (AvgIpc) is 2.77. The third kappa shape index (κ3) is 3.90. The molecule has 0 aliphatic carbocycles. The minimum absolute atomic E-state index is 0.000670. The summed E-state index contributed by atoms with van der Waals surface area (Å²) in [6.45, 7) is 10.6. The van der Waals surface area contributed by atoms with Gasteiger partial charge in [-0.15, -0.1) is 0 Å². The van der Waals surface area contributed by atoms with Gasteiger partial charge in [-0.1, -0.05) is 29.3 Å². The highest BCUT2D eigenvalue weighted by Crippen LogP contribution is 2.43. The van der Waals surface area contributed by atoms with Crippen molar-refractivity contribution < 1.29 is 14.3 Å². The molecule has 0 aromatic heterocycles. The van der Waals surface area contributed by atoms with E-state index in [4.69, 9.17) is 27.9 Å². The number of amides is 2. The molecule has 2 aliphatic heterocycles. The second kappa shape index (κ2) is 7.17. The van der Waals surface area contributed by atoms with Crippen LogP contribution in [0, 0.1) is 6.92 Å². The van der Waals surface area contributed by atoms with E-state index < -0.39 is 5.60 Å². The lowest BCUT2D eigenvalue weighted by Crippen LogP contribution is -2.63. The molecule has 148 valence electrons. The molecular weight excluding hydrogens is 387 g/mol. The maximum absolute atomic E-state index is 12.7. The molecule has 0 spiro atoms. The summed E-state index contributed by atoms with van der Waals surface area (Å²) in [5.41, 5.74) is 1.47. The van der Waals surface area contributed by atoms with Gasteiger partial charge in [-0.25, -0.2) is 4.79 Å². The second-order valence-corrected chi connectivity index (χ2v) is 9.27. The fourth-order valence-electron chi connectivity index (χ4n) is 3.99. The highest BCUT2D eigenvalue weighted by atomic mass is 35.5. The van der Waals surface area contributed by atoms with Crippen LogP contribution in [0.5, 0.6) is 0 Å². The summed E-state index contributed by atoms with van der Waals surface area (Å²) in [6.07, 6.45) is 0.0775. The van der Waals surface area contributed by atoms with Crippen LogP contribution in [0.15, 0.2) is 12.1 Å². The van der Waals surface area contributed by atoms with Crippen LogP contribution in [-0.4, -0.2) is 52.6 Å². The first-order valence-corrected chi connectivity index (χ1v) is 9.98. The Morgan fingerprint density at radius 1 is 1.22 bits per heavy atom. The zero-order valence-corrected chi connectivity index (χ0v) is 17.9. The number of ether oxygens (including phenoxy) is 1. The van der Waals surface area contributed by atoms with Crippen LogP contribution in [0.1, 0.15) is 51.2 Å². The first-order valence-electron chi connectivity index (χ1n) is 9.23. The summed E-state index contributed by atoms with van der Waals surface area (Å²) in [7, 11) is 0. The minimum atomic E-state index is -0.523. The highest BCUT2D eigenvalue weighted by Gasteiger charge is 2.47. The normalized spacial score (nSPS) is 23.6. The van der Waals surface area contributed by atoms with Gasteiger partial charge < -0.3 is 14.5 Å². The Kier molecular flexibility index (Phi) is 5.39. The van der Waals surface area contributed by atoms with E-state index >= 15 is 0 Å². The first kappa shape index (κ1) is 20.3. The second-order valence-electron chi connectivity index (χ2n) is 8.48. The third-order valence-electron chi connectivity index (χ3n) is 5.33. The minimum Gasteiger partial charge on any atom is -0.444 e. The summed E-state index contributed by atoms with van der Waals surface area (Å²) >= 11 is 12.7. The number of hydrogen-bond donors (Lipinski definition) is 0. The van der Waals surface area contributed by atoms with Gasteiger partial charge in [0.1, 0.15) is 5.60 Å².